The molecule has 3 N–H and O–H groups in total. The number of aromatic nitrogens is 1. The van der Waals surface area contributed by atoms with Gasteiger partial charge in [0.15, 0.2) is 0 Å². The predicted octanol–water partition coefficient (Wildman–Crippen LogP) is 0.674. The van der Waals surface area contributed by atoms with Crippen LogP contribution in [0.5, 0.6) is 0 Å². The molecular formula is C11H17N3O. The van der Waals surface area contributed by atoms with Gasteiger partial charge in [-0.1, -0.05) is 6.07 Å². The van der Waals surface area contributed by atoms with Crippen LogP contribution in [-0.4, -0.2) is 29.7 Å². The van der Waals surface area contributed by atoms with Gasteiger partial charge < -0.3 is 15.7 Å². The maximum absolute atomic E-state index is 9.78. The summed E-state index contributed by atoms with van der Waals surface area (Å²) < 4.78 is 0. The number of pyridine rings is 1. The van der Waals surface area contributed by atoms with E-state index in [0.29, 0.717) is 0 Å². The maximum atomic E-state index is 9.78. The highest BCUT2D eigenvalue weighted by atomic mass is 16.3. The van der Waals surface area contributed by atoms with Crippen molar-refractivity contribution in [2.45, 2.75) is 18.9 Å². The summed E-state index contributed by atoms with van der Waals surface area (Å²) in [6.45, 7) is 2.30. The summed E-state index contributed by atoms with van der Waals surface area (Å²) in [6, 6.07) is 3.74. The van der Waals surface area contributed by atoms with Crippen LogP contribution in [0.15, 0.2) is 18.3 Å². The average molecular weight is 207 g/mol. The van der Waals surface area contributed by atoms with Crippen LogP contribution in [0.1, 0.15) is 24.5 Å². The first-order valence-corrected chi connectivity index (χ1v) is 5.41. The Bertz CT molecular complexity index is 323. The molecule has 4 nitrogen and oxygen atoms in total. The third-order valence-electron chi connectivity index (χ3n) is 2.80. The van der Waals surface area contributed by atoms with Crippen LogP contribution in [0.2, 0.25) is 0 Å². The van der Waals surface area contributed by atoms with Gasteiger partial charge in [0.05, 0.1) is 6.10 Å². The first kappa shape index (κ1) is 10.4. The fourth-order valence-corrected chi connectivity index (χ4v) is 1.99. The largest absolute Gasteiger partial charge is 0.387 e. The van der Waals surface area contributed by atoms with Crippen molar-refractivity contribution in [2.75, 3.05) is 24.5 Å². The van der Waals surface area contributed by atoms with Crippen molar-refractivity contribution >= 4 is 5.82 Å². The predicted molar refractivity (Wildman–Crippen MR) is 59.7 cm³/mol. The van der Waals surface area contributed by atoms with Crippen molar-refractivity contribution in [3.8, 4) is 0 Å². The normalized spacial score (nSPS) is 18.1. The molecule has 0 aliphatic carbocycles. The van der Waals surface area contributed by atoms with Crippen LogP contribution in [0, 0.1) is 0 Å². The molecule has 2 rings (SSSR count). The summed E-state index contributed by atoms with van der Waals surface area (Å²) in [4.78, 5) is 6.56. The van der Waals surface area contributed by atoms with Crippen LogP contribution in [0.25, 0.3) is 0 Å². The third-order valence-corrected chi connectivity index (χ3v) is 2.80. The van der Waals surface area contributed by atoms with Crippen LogP contribution in [0.4, 0.5) is 5.82 Å². The zero-order valence-electron chi connectivity index (χ0n) is 8.76. The number of hydrogen-bond donors (Lipinski definition) is 2. The van der Waals surface area contributed by atoms with Crippen molar-refractivity contribution in [2.24, 2.45) is 5.73 Å². The van der Waals surface area contributed by atoms with E-state index in [0.717, 1.165) is 24.5 Å². The monoisotopic (exact) mass is 207 g/mol. The van der Waals surface area contributed by atoms with E-state index in [9.17, 15) is 5.11 Å². The molecule has 0 aromatic carbocycles. The minimum Gasteiger partial charge on any atom is -0.387 e. The molecule has 0 amide bonds. The van der Waals surface area contributed by atoms with Gasteiger partial charge in [0.2, 0.25) is 0 Å². The molecule has 0 radical (unpaired) electrons. The van der Waals surface area contributed by atoms with Gasteiger partial charge in [-0.15, -0.1) is 0 Å². The highest BCUT2D eigenvalue weighted by Crippen LogP contribution is 2.26. The molecule has 4 heteroatoms. The minimum atomic E-state index is -0.603. The topological polar surface area (TPSA) is 62.4 Å². The van der Waals surface area contributed by atoms with Crippen LogP contribution < -0.4 is 10.6 Å². The summed E-state index contributed by atoms with van der Waals surface area (Å²) in [5.41, 5.74) is 6.32. The van der Waals surface area contributed by atoms with Gasteiger partial charge >= 0.3 is 0 Å². The van der Waals surface area contributed by atoms with E-state index in [1.807, 2.05) is 12.1 Å². The van der Waals surface area contributed by atoms with Gasteiger partial charge in [0, 0.05) is 31.4 Å². The van der Waals surface area contributed by atoms with Crippen LogP contribution in [-0.2, 0) is 0 Å². The third kappa shape index (κ3) is 2.11. The maximum Gasteiger partial charge on any atom is 0.134 e. The van der Waals surface area contributed by atoms with Crippen molar-refractivity contribution in [3.05, 3.63) is 23.9 Å². The molecule has 1 atom stereocenters. The first-order valence-electron chi connectivity index (χ1n) is 5.41. The first-order chi connectivity index (χ1) is 7.33. The Morgan fingerprint density at radius 3 is 2.87 bits per heavy atom. The number of hydrogen-bond acceptors (Lipinski definition) is 4. The highest BCUT2D eigenvalue weighted by Gasteiger charge is 2.19. The second-order valence-corrected chi connectivity index (χ2v) is 3.86. The van der Waals surface area contributed by atoms with E-state index >= 15 is 0 Å². The molecule has 15 heavy (non-hydrogen) atoms. The van der Waals surface area contributed by atoms with E-state index in [2.05, 4.69) is 9.88 Å². The van der Waals surface area contributed by atoms with Crippen LogP contribution >= 0.6 is 0 Å². The Morgan fingerprint density at radius 1 is 1.47 bits per heavy atom. The molecular weight excluding hydrogens is 190 g/mol. The van der Waals surface area contributed by atoms with E-state index < -0.39 is 6.10 Å². The SMILES string of the molecule is NC[C@@H](O)c1cccnc1N1CCCC1. The summed E-state index contributed by atoms with van der Waals surface area (Å²) >= 11 is 0. The fraction of sp³-hybridized carbons (Fsp3) is 0.545. The Balaban J connectivity index is 2.28. The van der Waals surface area contributed by atoms with Crippen molar-refractivity contribution in [3.63, 3.8) is 0 Å². The summed E-state index contributed by atoms with van der Waals surface area (Å²) in [5, 5.41) is 9.78. The lowest BCUT2D eigenvalue weighted by atomic mass is 10.1. The van der Waals surface area contributed by atoms with Crippen molar-refractivity contribution in [1.82, 2.24) is 4.98 Å². The number of aliphatic hydroxyl groups excluding tert-OH is 1. The van der Waals surface area contributed by atoms with Crippen molar-refractivity contribution < 1.29 is 5.11 Å². The fourth-order valence-electron chi connectivity index (χ4n) is 1.99. The molecule has 0 unspecified atom stereocenters. The molecule has 1 aliphatic rings. The summed E-state index contributed by atoms with van der Waals surface area (Å²) in [6.07, 6.45) is 3.57. The Labute approximate surface area is 89.7 Å². The van der Waals surface area contributed by atoms with Gasteiger partial charge in [0.25, 0.3) is 0 Å². The van der Waals surface area contributed by atoms with Gasteiger partial charge in [-0.2, -0.15) is 0 Å². The summed E-state index contributed by atoms with van der Waals surface area (Å²) in [7, 11) is 0. The van der Waals surface area contributed by atoms with Crippen LogP contribution in [0.3, 0.4) is 0 Å². The molecule has 1 fully saturated rings. The molecule has 0 spiro atoms. The molecule has 1 aromatic rings. The van der Waals surface area contributed by atoms with E-state index in [4.69, 9.17) is 5.73 Å². The number of rotatable bonds is 3. The lowest BCUT2D eigenvalue weighted by Gasteiger charge is -2.21. The van der Waals surface area contributed by atoms with E-state index in [-0.39, 0.29) is 6.54 Å². The molecule has 2 heterocycles. The van der Waals surface area contributed by atoms with E-state index in [1.165, 1.54) is 12.8 Å². The zero-order chi connectivity index (χ0) is 10.7. The number of nitrogens with two attached hydrogens (primary N) is 1. The van der Waals surface area contributed by atoms with Crippen molar-refractivity contribution in [1.29, 1.82) is 0 Å². The molecule has 0 saturated carbocycles. The minimum absolute atomic E-state index is 0.243. The lowest BCUT2D eigenvalue weighted by molar-refractivity contribution is 0.186. The second-order valence-electron chi connectivity index (χ2n) is 3.86. The van der Waals surface area contributed by atoms with Gasteiger partial charge in [0.1, 0.15) is 5.82 Å². The molecule has 1 saturated heterocycles. The Morgan fingerprint density at radius 2 is 2.20 bits per heavy atom. The van der Waals surface area contributed by atoms with E-state index in [1.54, 1.807) is 6.20 Å². The summed E-state index contributed by atoms with van der Waals surface area (Å²) in [5.74, 6) is 0.896. The standard InChI is InChI=1S/C11H17N3O/c12-8-10(15)9-4-3-5-13-11(9)14-6-1-2-7-14/h3-5,10,15H,1-2,6-8,12H2/t10-/m1/s1. The number of aliphatic hydroxyl groups is 1. The molecule has 1 aromatic heterocycles. The quantitative estimate of drug-likeness (QED) is 0.765. The van der Waals surface area contributed by atoms with Gasteiger partial charge in [-0.3, -0.25) is 0 Å². The Kier molecular flexibility index (Phi) is 3.18. The van der Waals surface area contributed by atoms with Gasteiger partial charge in [-0.25, -0.2) is 4.98 Å². The molecule has 0 bridgehead atoms. The number of anilines is 1. The average Bonchev–Trinajstić information content (AvgIpc) is 2.81. The number of nitrogens with zero attached hydrogens (tertiary/aromatic N) is 2. The van der Waals surface area contributed by atoms with Gasteiger partial charge in [-0.05, 0) is 18.9 Å². The highest BCUT2D eigenvalue weighted by molar-refractivity contribution is 5.48. The molecule has 1 aliphatic heterocycles. The lowest BCUT2D eigenvalue weighted by Crippen LogP contribution is -2.23. The zero-order valence-corrected chi connectivity index (χ0v) is 8.76. The smallest absolute Gasteiger partial charge is 0.134 e. The Hall–Kier alpha value is -1.13. The second kappa shape index (κ2) is 4.59. The molecule has 82 valence electrons.